The molecule has 2 aromatic heterocycles. The Bertz CT molecular complexity index is 1090. The third kappa shape index (κ3) is 3.11. The Balaban J connectivity index is 1.89. The predicted octanol–water partition coefficient (Wildman–Crippen LogP) is 5.80. The summed E-state index contributed by atoms with van der Waals surface area (Å²) < 4.78 is 5.60. The summed E-state index contributed by atoms with van der Waals surface area (Å²) >= 11 is 1.60. The van der Waals surface area contributed by atoms with Crippen molar-refractivity contribution in [3.05, 3.63) is 82.7 Å². The summed E-state index contributed by atoms with van der Waals surface area (Å²) in [4.78, 5) is 18.8. The van der Waals surface area contributed by atoms with E-state index in [0.717, 1.165) is 32.6 Å². The summed E-state index contributed by atoms with van der Waals surface area (Å²) in [5, 5.41) is 2.83. The molecule has 4 aromatic rings. The fraction of sp³-hybridized carbons (Fsp3) is 0.0909. The molecule has 3 nitrogen and oxygen atoms in total. The van der Waals surface area contributed by atoms with Crippen LogP contribution in [-0.2, 0) is 0 Å². The van der Waals surface area contributed by atoms with Crippen molar-refractivity contribution < 1.29 is 9.53 Å². The number of para-hydroxylation sites is 1. The number of hydrogen-bond acceptors (Lipinski definition) is 4. The monoisotopic (exact) mass is 359 g/mol. The van der Waals surface area contributed by atoms with Gasteiger partial charge in [0.1, 0.15) is 5.75 Å². The first-order valence-corrected chi connectivity index (χ1v) is 9.23. The number of thiophene rings is 1. The Labute approximate surface area is 155 Å². The van der Waals surface area contributed by atoms with E-state index in [1.807, 2.05) is 61.7 Å². The van der Waals surface area contributed by atoms with E-state index >= 15 is 0 Å². The number of nitrogens with zero attached hydrogens (tertiary/aromatic N) is 1. The second kappa shape index (κ2) is 6.73. The third-order valence-electron chi connectivity index (χ3n) is 4.20. The normalized spacial score (nSPS) is 10.8. The Kier molecular flexibility index (Phi) is 4.27. The topological polar surface area (TPSA) is 39.2 Å². The number of esters is 1. The zero-order valence-corrected chi connectivity index (χ0v) is 15.3. The Morgan fingerprint density at radius 3 is 2.54 bits per heavy atom. The number of hydrogen-bond donors (Lipinski definition) is 0. The smallest absolute Gasteiger partial charge is 0.344 e. The van der Waals surface area contributed by atoms with Gasteiger partial charge < -0.3 is 4.74 Å². The second-order valence-corrected chi connectivity index (χ2v) is 7.16. The molecule has 0 atom stereocenters. The predicted molar refractivity (Wildman–Crippen MR) is 106 cm³/mol. The van der Waals surface area contributed by atoms with Crippen molar-refractivity contribution in [3.63, 3.8) is 0 Å². The Morgan fingerprint density at radius 1 is 1.00 bits per heavy atom. The van der Waals surface area contributed by atoms with Crippen molar-refractivity contribution in [2.75, 3.05) is 0 Å². The number of pyridine rings is 1. The molecule has 0 fully saturated rings. The van der Waals surface area contributed by atoms with Crippen LogP contribution in [0, 0.1) is 13.8 Å². The lowest BCUT2D eigenvalue weighted by Gasteiger charge is -2.11. The van der Waals surface area contributed by atoms with Gasteiger partial charge in [-0.05, 0) is 55.1 Å². The van der Waals surface area contributed by atoms with E-state index in [-0.39, 0.29) is 5.97 Å². The standard InChI is InChI=1S/C22H17NO2S/c1-14-11-15(2)21-17(12-14)18(13-19(23-21)20-9-6-10-26-20)22(24)25-16-7-4-3-5-8-16/h3-13H,1-2H3. The summed E-state index contributed by atoms with van der Waals surface area (Å²) in [6.07, 6.45) is 0. The number of carbonyl (C=O) groups is 1. The van der Waals surface area contributed by atoms with Crippen LogP contribution in [0.1, 0.15) is 21.5 Å². The molecule has 26 heavy (non-hydrogen) atoms. The molecule has 0 saturated heterocycles. The van der Waals surface area contributed by atoms with Gasteiger partial charge in [0.25, 0.3) is 0 Å². The number of carbonyl (C=O) groups excluding carboxylic acids is 1. The van der Waals surface area contributed by atoms with Crippen LogP contribution < -0.4 is 4.74 Å². The Hall–Kier alpha value is -2.98. The third-order valence-corrected chi connectivity index (χ3v) is 5.09. The number of aromatic nitrogens is 1. The summed E-state index contributed by atoms with van der Waals surface area (Å²) in [6, 6.07) is 19.0. The summed E-state index contributed by atoms with van der Waals surface area (Å²) in [5.41, 5.74) is 4.30. The van der Waals surface area contributed by atoms with Gasteiger partial charge in [-0.1, -0.05) is 35.9 Å². The zero-order chi connectivity index (χ0) is 18.1. The summed E-state index contributed by atoms with van der Waals surface area (Å²) in [6.45, 7) is 4.04. The molecule has 128 valence electrons. The number of benzene rings is 2. The zero-order valence-electron chi connectivity index (χ0n) is 14.5. The molecule has 2 aromatic carbocycles. The minimum Gasteiger partial charge on any atom is -0.423 e. The molecular weight excluding hydrogens is 342 g/mol. The van der Waals surface area contributed by atoms with Crippen LogP contribution in [0.2, 0.25) is 0 Å². The molecule has 0 radical (unpaired) electrons. The van der Waals surface area contributed by atoms with Crippen LogP contribution >= 0.6 is 11.3 Å². The molecule has 0 N–H and O–H groups in total. The highest BCUT2D eigenvalue weighted by molar-refractivity contribution is 7.13. The highest BCUT2D eigenvalue weighted by Gasteiger charge is 2.18. The molecule has 0 spiro atoms. The molecule has 0 bridgehead atoms. The molecule has 4 heteroatoms. The average molecular weight is 359 g/mol. The Morgan fingerprint density at radius 2 is 1.81 bits per heavy atom. The molecule has 4 rings (SSSR count). The van der Waals surface area contributed by atoms with Gasteiger partial charge in [-0.3, -0.25) is 0 Å². The quantitative estimate of drug-likeness (QED) is 0.343. The van der Waals surface area contributed by atoms with Crippen LogP contribution in [0.3, 0.4) is 0 Å². The van der Waals surface area contributed by atoms with E-state index in [1.165, 1.54) is 0 Å². The van der Waals surface area contributed by atoms with Crippen molar-refractivity contribution in [3.8, 4) is 16.3 Å². The van der Waals surface area contributed by atoms with Gasteiger partial charge in [0.2, 0.25) is 0 Å². The largest absolute Gasteiger partial charge is 0.423 e. The van der Waals surface area contributed by atoms with Gasteiger partial charge >= 0.3 is 5.97 Å². The highest BCUT2D eigenvalue weighted by atomic mass is 32.1. The molecule has 0 amide bonds. The number of fused-ring (bicyclic) bond motifs is 1. The maximum Gasteiger partial charge on any atom is 0.344 e. The maximum atomic E-state index is 12.9. The summed E-state index contributed by atoms with van der Waals surface area (Å²) in [5.74, 6) is 0.163. The first kappa shape index (κ1) is 16.5. The van der Waals surface area contributed by atoms with Gasteiger partial charge in [-0.15, -0.1) is 11.3 Å². The van der Waals surface area contributed by atoms with E-state index in [0.29, 0.717) is 11.3 Å². The summed E-state index contributed by atoms with van der Waals surface area (Å²) in [7, 11) is 0. The molecular formula is C22H17NO2S. The minimum atomic E-state index is -0.369. The van der Waals surface area contributed by atoms with Crippen molar-refractivity contribution in [1.29, 1.82) is 0 Å². The first-order chi connectivity index (χ1) is 12.6. The van der Waals surface area contributed by atoms with E-state index in [9.17, 15) is 4.79 Å². The second-order valence-electron chi connectivity index (χ2n) is 6.21. The van der Waals surface area contributed by atoms with Crippen LogP contribution in [0.4, 0.5) is 0 Å². The number of aryl methyl sites for hydroxylation is 2. The SMILES string of the molecule is Cc1cc(C)c2nc(-c3cccs3)cc(C(=O)Oc3ccccc3)c2c1. The van der Waals surface area contributed by atoms with Gasteiger partial charge in [-0.25, -0.2) is 9.78 Å². The van der Waals surface area contributed by atoms with E-state index in [1.54, 1.807) is 23.5 Å². The van der Waals surface area contributed by atoms with Gasteiger partial charge in [0.15, 0.2) is 0 Å². The molecule has 0 aliphatic rings. The van der Waals surface area contributed by atoms with Crippen molar-refractivity contribution in [2.45, 2.75) is 13.8 Å². The van der Waals surface area contributed by atoms with Crippen LogP contribution in [-0.4, -0.2) is 11.0 Å². The van der Waals surface area contributed by atoms with Crippen LogP contribution in [0.15, 0.2) is 66.0 Å². The van der Waals surface area contributed by atoms with Crippen molar-refractivity contribution in [1.82, 2.24) is 4.98 Å². The molecule has 0 aliphatic carbocycles. The van der Waals surface area contributed by atoms with Gasteiger partial charge in [0.05, 0.1) is 21.7 Å². The lowest BCUT2D eigenvalue weighted by molar-refractivity contribution is 0.0737. The first-order valence-electron chi connectivity index (χ1n) is 8.35. The van der Waals surface area contributed by atoms with Crippen LogP contribution in [0.25, 0.3) is 21.5 Å². The average Bonchev–Trinajstić information content (AvgIpc) is 3.16. The number of rotatable bonds is 3. The van der Waals surface area contributed by atoms with Crippen molar-refractivity contribution >= 4 is 28.2 Å². The highest BCUT2D eigenvalue weighted by Crippen LogP contribution is 2.30. The van der Waals surface area contributed by atoms with Crippen molar-refractivity contribution in [2.24, 2.45) is 0 Å². The van der Waals surface area contributed by atoms with E-state index in [2.05, 4.69) is 6.07 Å². The fourth-order valence-electron chi connectivity index (χ4n) is 3.05. The minimum absolute atomic E-state index is 0.369. The lowest BCUT2D eigenvalue weighted by atomic mass is 10.0. The maximum absolute atomic E-state index is 12.9. The fourth-order valence-corrected chi connectivity index (χ4v) is 3.74. The van der Waals surface area contributed by atoms with E-state index in [4.69, 9.17) is 9.72 Å². The van der Waals surface area contributed by atoms with E-state index < -0.39 is 0 Å². The molecule has 0 unspecified atom stereocenters. The lowest BCUT2D eigenvalue weighted by Crippen LogP contribution is -2.10. The molecule has 0 aliphatic heterocycles. The number of ether oxygens (including phenoxy) is 1. The van der Waals surface area contributed by atoms with Gasteiger partial charge in [-0.2, -0.15) is 0 Å². The molecule has 2 heterocycles. The van der Waals surface area contributed by atoms with Gasteiger partial charge in [0, 0.05) is 5.39 Å². The van der Waals surface area contributed by atoms with Crippen LogP contribution in [0.5, 0.6) is 5.75 Å². The molecule has 0 saturated carbocycles.